The Labute approximate surface area is 226 Å². The second kappa shape index (κ2) is 10.9. The summed E-state index contributed by atoms with van der Waals surface area (Å²) in [5, 5.41) is 8.76. The summed E-state index contributed by atoms with van der Waals surface area (Å²) in [6.07, 6.45) is 1.97. The summed E-state index contributed by atoms with van der Waals surface area (Å²) in [5.74, 6) is 1.64. The van der Waals surface area contributed by atoms with Gasteiger partial charge in [0.2, 0.25) is 5.91 Å². The lowest BCUT2D eigenvalue weighted by molar-refractivity contribution is -0.131. The lowest BCUT2D eigenvalue weighted by atomic mass is 9.88. The fraction of sp³-hybridized carbons (Fsp3) is 0.233. The summed E-state index contributed by atoms with van der Waals surface area (Å²) in [5.41, 5.74) is 4.37. The number of hydrogen-bond acceptors (Lipinski definition) is 7. The van der Waals surface area contributed by atoms with Crippen LogP contribution in [0.15, 0.2) is 91.3 Å². The Kier molecular flexibility index (Phi) is 6.86. The molecule has 0 spiro atoms. The Bertz CT molecular complexity index is 1530. The molecular weight excluding hydrogens is 490 g/mol. The van der Waals surface area contributed by atoms with E-state index in [4.69, 9.17) is 4.74 Å². The van der Waals surface area contributed by atoms with Crippen LogP contribution in [0.2, 0.25) is 0 Å². The van der Waals surface area contributed by atoms with Gasteiger partial charge in [0.25, 0.3) is 0 Å². The monoisotopic (exact) mass is 519 g/mol. The van der Waals surface area contributed by atoms with Gasteiger partial charge in [-0.25, -0.2) is 9.97 Å². The predicted molar refractivity (Wildman–Crippen MR) is 149 cm³/mol. The number of carbonyl (C=O) groups excluding carboxylic acids is 1. The molecule has 0 N–H and O–H groups in total. The van der Waals surface area contributed by atoms with Crippen molar-refractivity contribution < 1.29 is 9.53 Å². The Morgan fingerprint density at radius 2 is 1.56 bits per heavy atom. The van der Waals surface area contributed by atoms with Gasteiger partial charge in [-0.3, -0.25) is 4.79 Å². The first-order valence-corrected chi connectivity index (χ1v) is 13.0. The average molecular weight is 520 g/mol. The number of fused-ring (bicyclic) bond motifs is 1. The quantitative estimate of drug-likeness (QED) is 0.320. The minimum Gasteiger partial charge on any atom is -0.497 e. The molecule has 0 atom stereocenters. The van der Waals surface area contributed by atoms with Crippen molar-refractivity contribution in [2.75, 3.05) is 38.2 Å². The van der Waals surface area contributed by atoms with Crippen LogP contribution in [0.25, 0.3) is 16.9 Å². The van der Waals surface area contributed by atoms with Crippen molar-refractivity contribution in [2.45, 2.75) is 12.3 Å². The molecule has 1 aliphatic heterocycles. The van der Waals surface area contributed by atoms with Crippen molar-refractivity contribution in [3.8, 4) is 11.4 Å². The van der Waals surface area contributed by atoms with Gasteiger partial charge in [-0.15, -0.1) is 5.10 Å². The fourth-order valence-electron chi connectivity index (χ4n) is 5.15. The maximum Gasteiger partial charge on any atom is 0.223 e. The number of methoxy groups -OCH3 is 1. The molecule has 0 unspecified atom stereocenters. The molecule has 9 nitrogen and oxygen atoms in total. The highest BCUT2D eigenvalue weighted by atomic mass is 16.5. The summed E-state index contributed by atoms with van der Waals surface area (Å²) in [6.45, 7) is 2.55. The van der Waals surface area contributed by atoms with E-state index in [1.807, 2.05) is 65.6 Å². The number of anilines is 1. The van der Waals surface area contributed by atoms with Crippen LogP contribution in [-0.4, -0.2) is 69.1 Å². The molecule has 0 bridgehead atoms. The topological polar surface area (TPSA) is 89.3 Å². The molecule has 1 saturated heterocycles. The van der Waals surface area contributed by atoms with Gasteiger partial charge in [-0.1, -0.05) is 71.9 Å². The van der Waals surface area contributed by atoms with Crippen LogP contribution >= 0.6 is 0 Å². The van der Waals surface area contributed by atoms with E-state index >= 15 is 0 Å². The molecule has 5 aromatic rings. The number of nitrogens with zero attached hydrogens (tertiary/aromatic N) is 7. The molecule has 1 amide bonds. The summed E-state index contributed by atoms with van der Waals surface area (Å²) in [4.78, 5) is 26.6. The lowest BCUT2D eigenvalue weighted by Gasteiger charge is -2.36. The number of benzene rings is 3. The highest BCUT2D eigenvalue weighted by Crippen LogP contribution is 2.29. The van der Waals surface area contributed by atoms with Gasteiger partial charge < -0.3 is 14.5 Å². The van der Waals surface area contributed by atoms with Gasteiger partial charge in [-0.05, 0) is 23.3 Å². The van der Waals surface area contributed by atoms with E-state index in [1.165, 1.54) is 0 Å². The van der Waals surface area contributed by atoms with Gasteiger partial charge in [0.1, 0.15) is 12.1 Å². The molecule has 3 aromatic carbocycles. The smallest absolute Gasteiger partial charge is 0.223 e. The Morgan fingerprint density at radius 3 is 2.23 bits per heavy atom. The van der Waals surface area contributed by atoms with Crippen LogP contribution in [0.4, 0.5) is 5.82 Å². The van der Waals surface area contributed by atoms with Crippen LogP contribution in [0, 0.1) is 0 Å². The minimum atomic E-state index is 0.0195. The molecule has 39 heavy (non-hydrogen) atoms. The molecule has 3 heterocycles. The third-order valence-electron chi connectivity index (χ3n) is 7.23. The number of hydrogen-bond donors (Lipinski definition) is 0. The molecule has 9 heteroatoms. The minimum absolute atomic E-state index is 0.0195. The van der Waals surface area contributed by atoms with Crippen molar-refractivity contribution in [3.05, 3.63) is 102 Å². The Hall–Kier alpha value is -4.79. The SMILES string of the molecule is COc1cccc(-n2nnc3c(N4CCN(C(=O)CC(c5ccccc5)c5ccccc5)CC4)ncnc32)c1. The predicted octanol–water partition coefficient (Wildman–Crippen LogP) is 4.09. The van der Waals surface area contributed by atoms with Crippen molar-refractivity contribution in [1.82, 2.24) is 29.9 Å². The molecule has 0 radical (unpaired) electrons. The second-order valence-corrected chi connectivity index (χ2v) is 9.52. The van der Waals surface area contributed by atoms with Crippen molar-refractivity contribution in [1.29, 1.82) is 0 Å². The second-order valence-electron chi connectivity index (χ2n) is 9.52. The van der Waals surface area contributed by atoms with Gasteiger partial charge in [0.05, 0.1) is 12.8 Å². The van der Waals surface area contributed by atoms with Gasteiger partial charge in [0.15, 0.2) is 17.0 Å². The summed E-state index contributed by atoms with van der Waals surface area (Å²) in [6, 6.07) is 28.1. The van der Waals surface area contributed by atoms with Gasteiger partial charge in [0, 0.05) is 44.6 Å². The molecule has 0 aliphatic carbocycles. The van der Waals surface area contributed by atoms with Crippen molar-refractivity contribution in [2.24, 2.45) is 0 Å². The summed E-state index contributed by atoms with van der Waals surface area (Å²) >= 11 is 0. The number of ether oxygens (including phenoxy) is 1. The van der Waals surface area contributed by atoms with E-state index in [9.17, 15) is 4.79 Å². The maximum atomic E-state index is 13.5. The molecule has 6 rings (SSSR count). The first-order chi connectivity index (χ1) is 19.2. The summed E-state index contributed by atoms with van der Waals surface area (Å²) in [7, 11) is 1.63. The zero-order valence-corrected chi connectivity index (χ0v) is 21.7. The fourth-order valence-corrected chi connectivity index (χ4v) is 5.15. The number of piperazine rings is 1. The van der Waals surface area contributed by atoms with Crippen LogP contribution in [-0.2, 0) is 4.79 Å². The highest BCUT2D eigenvalue weighted by Gasteiger charge is 2.27. The van der Waals surface area contributed by atoms with E-state index in [2.05, 4.69) is 49.4 Å². The van der Waals surface area contributed by atoms with E-state index in [0.717, 1.165) is 28.4 Å². The van der Waals surface area contributed by atoms with Crippen LogP contribution < -0.4 is 9.64 Å². The van der Waals surface area contributed by atoms with E-state index in [0.29, 0.717) is 43.8 Å². The molecule has 1 fully saturated rings. The zero-order chi connectivity index (χ0) is 26.6. The largest absolute Gasteiger partial charge is 0.497 e. The molecule has 1 aliphatic rings. The van der Waals surface area contributed by atoms with Crippen LogP contribution in [0.1, 0.15) is 23.5 Å². The van der Waals surface area contributed by atoms with E-state index in [-0.39, 0.29) is 11.8 Å². The van der Waals surface area contributed by atoms with Crippen LogP contribution in [0.5, 0.6) is 5.75 Å². The number of aromatic nitrogens is 5. The first-order valence-electron chi connectivity index (χ1n) is 13.0. The standard InChI is InChI=1S/C30H29N7O2/c1-39-25-14-8-13-24(19-25)37-30-28(33-34-37)29(31-21-32-30)36-17-15-35(16-18-36)27(38)20-26(22-9-4-2-5-10-22)23-11-6-3-7-12-23/h2-14,19,21,26H,15-18,20H2,1H3. The third kappa shape index (κ3) is 5.03. The average Bonchev–Trinajstić information content (AvgIpc) is 3.45. The van der Waals surface area contributed by atoms with Crippen molar-refractivity contribution >= 4 is 22.9 Å². The zero-order valence-electron chi connectivity index (χ0n) is 21.7. The number of amides is 1. The normalized spacial score (nSPS) is 13.7. The highest BCUT2D eigenvalue weighted by molar-refractivity contribution is 5.84. The van der Waals surface area contributed by atoms with Gasteiger partial charge >= 0.3 is 0 Å². The molecule has 2 aromatic heterocycles. The number of rotatable bonds is 7. The van der Waals surface area contributed by atoms with Crippen LogP contribution in [0.3, 0.4) is 0 Å². The van der Waals surface area contributed by atoms with Crippen molar-refractivity contribution in [3.63, 3.8) is 0 Å². The maximum absolute atomic E-state index is 13.5. The molecule has 196 valence electrons. The lowest BCUT2D eigenvalue weighted by Crippen LogP contribution is -2.49. The van der Waals surface area contributed by atoms with E-state index < -0.39 is 0 Å². The first kappa shape index (κ1) is 24.5. The van der Waals surface area contributed by atoms with E-state index in [1.54, 1.807) is 18.1 Å². The molecule has 0 saturated carbocycles. The third-order valence-corrected chi connectivity index (χ3v) is 7.23. The Morgan fingerprint density at radius 1 is 0.872 bits per heavy atom. The summed E-state index contributed by atoms with van der Waals surface area (Å²) < 4.78 is 7.04. The van der Waals surface area contributed by atoms with Gasteiger partial charge in [-0.2, -0.15) is 4.68 Å². The molecular formula is C30H29N7O2. The number of carbonyl (C=O) groups is 1. The Balaban J connectivity index is 1.17.